The Balaban J connectivity index is 0.00000243. The van der Waals surface area contributed by atoms with Crippen LogP contribution in [0.25, 0.3) is 0 Å². The van der Waals surface area contributed by atoms with Gasteiger partial charge in [0.2, 0.25) is 15.9 Å². The molecule has 10 heteroatoms. The van der Waals surface area contributed by atoms with Crippen LogP contribution >= 0.6 is 12.4 Å². The van der Waals surface area contributed by atoms with Gasteiger partial charge in [-0.1, -0.05) is 0 Å². The summed E-state index contributed by atoms with van der Waals surface area (Å²) < 4.78 is 37.7. The minimum atomic E-state index is -3.72. The number of ether oxygens (including phenoxy) is 2. The summed E-state index contributed by atoms with van der Waals surface area (Å²) in [6, 6.07) is 4.68. The standard InChI is InChI=1S/C16H23N3O5S.ClH/c1-23-14-3-2-13(18-16(20)12-4-5-17-11-12)10-15(14)25(21,22)19-6-8-24-9-7-19;/h2-3,10,12,17H,4-9,11H2,1H3,(H,18,20);1H. The van der Waals surface area contributed by atoms with E-state index in [2.05, 4.69) is 10.6 Å². The van der Waals surface area contributed by atoms with E-state index in [1.165, 1.54) is 17.5 Å². The summed E-state index contributed by atoms with van der Waals surface area (Å²) in [5.41, 5.74) is 0.449. The largest absolute Gasteiger partial charge is 0.495 e. The van der Waals surface area contributed by atoms with Crippen molar-refractivity contribution in [3.63, 3.8) is 0 Å². The van der Waals surface area contributed by atoms with E-state index in [4.69, 9.17) is 9.47 Å². The molecule has 146 valence electrons. The minimum absolute atomic E-state index is 0. The van der Waals surface area contributed by atoms with Gasteiger partial charge in [-0.15, -0.1) is 12.4 Å². The smallest absolute Gasteiger partial charge is 0.246 e. The Bertz CT molecular complexity index is 731. The first-order chi connectivity index (χ1) is 12.0. The summed E-state index contributed by atoms with van der Waals surface area (Å²) in [5, 5.41) is 5.95. The van der Waals surface area contributed by atoms with Crippen LogP contribution in [0.1, 0.15) is 6.42 Å². The summed E-state index contributed by atoms with van der Waals surface area (Å²) in [4.78, 5) is 12.3. The molecule has 1 aromatic carbocycles. The van der Waals surface area contributed by atoms with Gasteiger partial charge in [0.15, 0.2) is 0 Å². The number of sulfonamides is 1. The van der Waals surface area contributed by atoms with E-state index in [9.17, 15) is 13.2 Å². The molecular formula is C16H24ClN3O5S. The molecule has 0 saturated carbocycles. The van der Waals surface area contributed by atoms with Crippen molar-refractivity contribution in [2.45, 2.75) is 11.3 Å². The highest BCUT2D eigenvalue weighted by Crippen LogP contribution is 2.30. The first-order valence-corrected chi connectivity index (χ1v) is 9.74. The number of rotatable bonds is 5. The summed E-state index contributed by atoms with van der Waals surface area (Å²) in [5.74, 6) is 0.0540. The van der Waals surface area contributed by atoms with E-state index in [0.717, 1.165) is 13.0 Å². The lowest BCUT2D eigenvalue weighted by Crippen LogP contribution is -2.40. The van der Waals surface area contributed by atoms with Crippen molar-refractivity contribution < 1.29 is 22.7 Å². The number of morpholine rings is 1. The van der Waals surface area contributed by atoms with Gasteiger partial charge in [0.25, 0.3) is 0 Å². The van der Waals surface area contributed by atoms with Gasteiger partial charge in [-0.3, -0.25) is 4.79 Å². The van der Waals surface area contributed by atoms with Crippen molar-refractivity contribution in [2.24, 2.45) is 5.92 Å². The average Bonchev–Trinajstić information content (AvgIpc) is 3.17. The van der Waals surface area contributed by atoms with Crippen LogP contribution in [-0.2, 0) is 19.6 Å². The number of carbonyl (C=O) groups excluding carboxylic acids is 1. The molecule has 2 heterocycles. The maximum Gasteiger partial charge on any atom is 0.246 e. The number of amides is 1. The van der Waals surface area contributed by atoms with Gasteiger partial charge >= 0.3 is 0 Å². The molecule has 2 fully saturated rings. The summed E-state index contributed by atoms with van der Waals surface area (Å²) in [6.45, 7) is 2.79. The second kappa shape index (κ2) is 9.01. The van der Waals surface area contributed by atoms with Crippen LogP contribution < -0.4 is 15.4 Å². The Morgan fingerprint density at radius 1 is 1.35 bits per heavy atom. The van der Waals surface area contributed by atoms with Crippen LogP contribution in [0, 0.1) is 5.92 Å². The third-order valence-corrected chi connectivity index (χ3v) is 6.37. The van der Waals surface area contributed by atoms with Crippen LogP contribution in [0.2, 0.25) is 0 Å². The monoisotopic (exact) mass is 405 g/mol. The van der Waals surface area contributed by atoms with Crippen molar-refractivity contribution in [3.05, 3.63) is 18.2 Å². The lowest BCUT2D eigenvalue weighted by Gasteiger charge is -2.27. The molecule has 2 aliphatic rings. The lowest BCUT2D eigenvalue weighted by molar-refractivity contribution is -0.119. The number of hydrogen-bond donors (Lipinski definition) is 2. The molecule has 1 atom stereocenters. The molecule has 2 saturated heterocycles. The number of benzene rings is 1. The molecule has 1 unspecified atom stereocenters. The van der Waals surface area contributed by atoms with Crippen molar-refractivity contribution >= 4 is 34.0 Å². The Morgan fingerprint density at radius 2 is 2.08 bits per heavy atom. The quantitative estimate of drug-likeness (QED) is 0.748. The molecule has 2 N–H and O–H groups in total. The van der Waals surface area contributed by atoms with E-state index in [-0.39, 0.29) is 34.9 Å². The Kier molecular flexibility index (Phi) is 7.24. The molecule has 0 spiro atoms. The molecule has 0 aromatic heterocycles. The van der Waals surface area contributed by atoms with Crippen molar-refractivity contribution in [1.82, 2.24) is 9.62 Å². The predicted octanol–water partition coefficient (Wildman–Crippen LogP) is 0.686. The zero-order valence-electron chi connectivity index (χ0n) is 14.6. The molecule has 26 heavy (non-hydrogen) atoms. The predicted molar refractivity (Wildman–Crippen MR) is 99.4 cm³/mol. The molecule has 1 amide bonds. The summed E-state index contributed by atoms with van der Waals surface area (Å²) >= 11 is 0. The topological polar surface area (TPSA) is 97.0 Å². The van der Waals surface area contributed by atoms with Crippen LogP contribution in [0.4, 0.5) is 5.69 Å². The number of anilines is 1. The maximum atomic E-state index is 12.9. The number of nitrogens with one attached hydrogen (secondary N) is 2. The van der Waals surface area contributed by atoms with E-state index in [0.29, 0.717) is 38.5 Å². The van der Waals surface area contributed by atoms with E-state index >= 15 is 0 Å². The van der Waals surface area contributed by atoms with Crippen LogP contribution in [0.15, 0.2) is 23.1 Å². The highest BCUT2D eigenvalue weighted by molar-refractivity contribution is 7.89. The highest BCUT2D eigenvalue weighted by atomic mass is 35.5. The number of methoxy groups -OCH3 is 1. The van der Waals surface area contributed by atoms with Crippen LogP contribution in [0.3, 0.4) is 0 Å². The first kappa shape index (κ1) is 20.9. The van der Waals surface area contributed by atoms with Gasteiger partial charge in [-0.2, -0.15) is 4.31 Å². The third-order valence-electron chi connectivity index (χ3n) is 4.45. The first-order valence-electron chi connectivity index (χ1n) is 8.30. The number of nitrogens with zero attached hydrogens (tertiary/aromatic N) is 1. The fourth-order valence-electron chi connectivity index (χ4n) is 3.00. The van der Waals surface area contributed by atoms with Crippen LogP contribution in [0.5, 0.6) is 5.75 Å². The van der Waals surface area contributed by atoms with Gasteiger partial charge in [-0.25, -0.2) is 8.42 Å². The molecule has 1 aromatic rings. The van der Waals surface area contributed by atoms with E-state index in [1.54, 1.807) is 12.1 Å². The number of halogens is 1. The molecule has 8 nitrogen and oxygen atoms in total. The second-order valence-corrected chi connectivity index (χ2v) is 7.97. The molecule has 0 aliphatic carbocycles. The zero-order valence-corrected chi connectivity index (χ0v) is 16.2. The number of hydrogen-bond acceptors (Lipinski definition) is 6. The van der Waals surface area contributed by atoms with Gasteiger partial charge in [0.1, 0.15) is 10.6 Å². The fraction of sp³-hybridized carbons (Fsp3) is 0.562. The Morgan fingerprint density at radius 3 is 2.69 bits per heavy atom. The van der Waals surface area contributed by atoms with Crippen molar-refractivity contribution in [3.8, 4) is 5.75 Å². The molecular weight excluding hydrogens is 382 g/mol. The van der Waals surface area contributed by atoms with Gasteiger partial charge < -0.3 is 20.1 Å². The molecule has 0 bridgehead atoms. The Labute approximate surface area is 159 Å². The fourth-order valence-corrected chi connectivity index (χ4v) is 4.59. The average molecular weight is 406 g/mol. The van der Waals surface area contributed by atoms with Gasteiger partial charge in [0.05, 0.1) is 26.2 Å². The van der Waals surface area contributed by atoms with Crippen molar-refractivity contribution in [1.29, 1.82) is 0 Å². The molecule has 2 aliphatic heterocycles. The highest BCUT2D eigenvalue weighted by Gasteiger charge is 2.30. The number of carbonyl (C=O) groups is 1. The zero-order chi connectivity index (χ0) is 17.9. The van der Waals surface area contributed by atoms with Crippen molar-refractivity contribution in [2.75, 3.05) is 51.8 Å². The summed E-state index contributed by atoms with van der Waals surface area (Å²) in [7, 11) is -2.29. The lowest BCUT2D eigenvalue weighted by atomic mass is 10.1. The third kappa shape index (κ3) is 4.47. The normalized spacial score (nSPS) is 21.0. The van der Waals surface area contributed by atoms with E-state index in [1.807, 2.05) is 0 Å². The Hall–Kier alpha value is -1.39. The summed E-state index contributed by atoms with van der Waals surface area (Å²) in [6.07, 6.45) is 0.779. The minimum Gasteiger partial charge on any atom is -0.495 e. The van der Waals surface area contributed by atoms with Crippen LogP contribution in [-0.4, -0.2) is 65.1 Å². The van der Waals surface area contributed by atoms with E-state index < -0.39 is 10.0 Å². The molecule has 3 rings (SSSR count). The van der Waals surface area contributed by atoms with Gasteiger partial charge in [-0.05, 0) is 31.2 Å². The molecule has 0 radical (unpaired) electrons. The van der Waals surface area contributed by atoms with Gasteiger partial charge in [0, 0.05) is 25.3 Å². The maximum absolute atomic E-state index is 12.9. The SMILES string of the molecule is COc1ccc(NC(=O)C2CCNC2)cc1S(=O)(=O)N1CCOCC1.Cl. The second-order valence-electron chi connectivity index (χ2n) is 6.06.